The van der Waals surface area contributed by atoms with Gasteiger partial charge in [0.05, 0.1) is 6.54 Å². The summed E-state index contributed by atoms with van der Waals surface area (Å²) in [7, 11) is 0. The van der Waals surface area contributed by atoms with Gasteiger partial charge < -0.3 is 15.5 Å². The molecule has 1 saturated heterocycles. The Kier molecular flexibility index (Phi) is 2.88. The molecule has 13 heavy (non-hydrogen) atoms. The second-order valence-corrected chi connectivity index (χ2v) is 2.85. The monoisotopic (exact) mass is 188 g/mol. The van der Waals surface area contributed by atoms with E-state index in [-0.39, 0.29) is 11.5 Å². The molecule has 1 unspecified atom stereocenters. The second kappa shape index (κ2) is 3.92. The van der Waals surface area contributed by atoms with Crippen molar-refractivity contribution in [3.63, 3.8) is 0 Å². The van der Waals surface area contributed by atoms with Crippen molar-refractivity contribution in [1.29, 1.82) is 0 Å². The van der Waals surface area contributed by atoms with Gasteiger partial charge in [0.2, 0.25) is 0 Å². The van der Waals surface area contributed by atoms with Crippen molar-refractivity contribution in [2.45, 2.75) is 25.3 Å². The van der Waals surface area contributed by atoms with E-state index in [9.17, 15) is 15.2 Å². The van der Waals surface area contributed by atoms with Gasteiger partial charge in [-0.05, 0) is 24.5 Å². The Bertz CT molecular complexity index is 230. The number of hydrogen-bond donors (Lipinski definition) is 1. The minimum Gasteiger partial charge on any atom is -0.737 e. The smallest absolute Gasteiger partial charge is 0.332 e. The van der Waals surface area contributed by atoms with Gasteiger partial charge in [0, 0.05) is 4.97 Å². The van der Waals surface area contributed by atoms with Crippen LogP contribution >= 0.6 is 0 Å². The quantitative estimate of drug-likeness (QED) is 0.381. The molecule has 0 aromatic carbocycles. The van der Waals surface area contributed by atoms with Crippen LogP contribution in [0, 0.1) is 10.4 Å². The first-order valence-electron chi connectivity index (χ1n) is 3.96. The topological polar surface area (TPSA) is 102 Å². The molecule has 1 fully saturated rings. The predicted molar refractivity (Wildman–Crippen MR) is 41.4 cm³/mol. The van der Waals surface area contributed by atoms with Crippen molar-refractivity contribution in [3.8, 4) is 0 Å². The minimum atomic E-state index is -1.09. The van der Waals surface area contributed by atoms with E-state index in [1.165, 1.54) is 0 Å². The molecule has 1 aliphatic heterocycles. The zero-order chi connectivity index (χ0) is 9.84. The highest BCUT2D eigenvalue weighted by molar-refractivity contribution is 5.73. The highest BCUT2D eigenvalue weighted by Crippen LogP contribution is 2.17. The Morgan fingerprint density at radius 2 is 2.31 bits per heavy atom. The third-order valence-corrected chi connectivity index (χ3v) is 2.05. The third-order valence-electron chi connectivity index (χ3n) is 2.05. The van der Waals surface area contributed by atoms with Crippen LogP contribution in [-0.2, 0) is 4.79 Å². The van der Waals surface area contributed by atoms with E-state index < -0.39 is 12.0 Å². The maximum absolute atomic E-state index is 10.8. The Morgan fingerprint density at radius 1 is 1.62 bits per heavy atom. The van der Waals surface area contributed by atoms with Crippen molar-refractivity contribution in [2.24, 2.45) is 5.28 Å². The molecule has 0 saturated carbocycles. The first-order valence-corrected chi connectivity index (χ1v) is 3.96. The summed E-state index contributed by atoms with van der Waals surface area (Å²) in [4.78, 5) is 10.5. The van der Waals surface area contributed by atoms with Gasteiger partial charge in [-0.2, -0.15) is 0 Å². The van der Waals surface area contributed by atoms with Crippen molar-refractivity contribution in [1.82, 2.24) is 5.01 Å². The Labute approximate surface area is 74.4 Å². The van der Waals surface area contributed by atoms with Gasteiger partial charge in [-0.15, -0.1) is 5.01 Å². The average molecular weight is 188 g/mol. The van der Waals surface area contributed by atoms with Crippen LogP contribution in [-0.4, -0.2) is 33.6 Å². The molecule has 7 heteroatoms. The molecule has 1 atom stereocenters. The molecule has 1 aliphatic rings. The van der Waals surface area contributed by atoms with Gasteiger partial charge in [0.1, 0.15) is 0 Å². The summed E-state index contributed by atoms with van der Waals surface area (Å²) in [6.07, 6.45) is 1.84. The van der Waals surface area contributed by atoms with E-state index in [1.807, 2.05) is 0 Å². The zero-order valence-corrected chi connectivity index (χ0v) is 6.92. The lowest BCUT2D eigenvalue weighted by atomic mass is 10.0. The summed E-state index contributed by atoms with van der Waals surface area (Å²) < 4.78 is 0. The van der Waals surface area contributed by atoms with Gasteiger partial charge in [-0.1, -0.05) is 0 Å². The van der Waals surface area contributed by atoms with Crippen molar-refractivity contribution >= 4 is 5.97 Å². The highest BCUT2D eigenvalue weighted by Gasteiger charge is 2.33. The summed E-state index contributed by atoms with van der Waals surface area (Å²) in [5.74, 6) is -1.09. The zero-order valence-electron chi connectivity index (χ0n) is 6.92. The number of hydrogen-bond acceptors (Lipinski definition) is 4. The second-order valence-electron chi connectivity index (χ2n) is 2.85. The molecule has 0 aromatic rings. The van der Waals surface area contributed by atoms with E-state index in [4.69, 9.17) is 5.11 Å². The van der Waals surface area contributed by atoms with Crippen LogP contribution in [0.5, 0.6) is 0 Å². The predicted octanol–water partition coefficient (Wildman–Crippen LogP) is 0.301. The molecular formula is C6H10N3O4-. The van der Waals surface area contributed by atoms with Gasteiger partial charge in [0.15, 0.2) is 6.04 Å². The molecule has 0 amide bonds. The number of nitrogens with zero attached hydrogens (tertiary/aromatic N) is 3. The molecule has 0 spiro atoms. The van der Waals surface area contributed by atoms with Crippen LogP contribution in [0.15, 0.2) is 5.28 Å². The van der Waals surface area contributed by atoms with Crippen molar-refractivity contribution in [3.05, 3.63) is 10.4 Å². The molecule has 1 N–H and O–H groups in total. The molecule has 0 aromatic heterocycles. The number of carbonyl (C=O) groups is 1. The molecule has 7 nitrogen and oxygen atoms in total. The Balaban J connectivity index is 2.73. The first kappa shape index (κ1) is 9.56. The number of carboxylic acids is 1. The van der Waals surface area contributed by atoms with E-state index >= 15 is 0 Å². The fourth-order valence-corrected chi connectivity index (χ4v) is 1.42. The molecule has 74 valence electrons. The Morgan fingerprint density at radius 3 is 2.85 bits per heavy atom. The van der Waals surface area contributed by atoms with Gasteiger partial charge >= 0.3 is 5.97 Å². The lowest BCUT2D eigenvalue weighted by molar-refractivity contribution is -0.697. The van der Waals surface area contributed by atoms with Crippen LogP contribution in [0.3, 0.4) is 0 Å². The summed E-state index contributed by atoms with van der Waals surface area (Å²) >= 11 is 0. The van der Waals surface area contributed by atoms with Crippen LogP contribution < -0.4 is 0 Å². The number of hydrazine groups is 1. The Hall–Kier alpha value is -1.53. The van der Waals surface area contributed by atoms with Crippen LogP contribution in [0.4, 0.5) is 0 Å². The fourth-order valence-electron chi connectivity index (χ4n) is 1.42. The molecular weight excluding hydrogens is 178 g/mol. The maximum Gasteiger partial charge on any atom is 0.332 e. The van der Waals surface area contributed by atoms with Crippen LogP contribution in [0.2, 0.25) is 0 Å². The largest absolute Gasteiger partial charge is 0.737 e. The van der Waals surface area contributed by atoms with E-state index in [0.29, 0.717) is 12.8 Å². The lowest BCUT2D eigenvalue weighted by Gasteiger charge is -2.28. The number of aliphatic carboxylic acids is 1. The van der Waals surface area contributed by atoms with Crippen molar-refractivity contribution < 1.29 is 14.9 Å². The number of rotatable bonds is 2. The van der Waals surface area contributed by atoms with Crippen molar-refractivity contribution in [2.75, 3.05) is 6.54 Å². The summed E-state index contributed by atoms with van der Waals surface area (Å²) in [5.41, 5.74) is 0. The van der Waals surface area contributed by atoms with E-state index in [0.717, 1.165) is 11.4 Å². The van der Waals surface area contributed by atoms with Gasteiger partial charge in [-0.25, -0.2) is 4.79 Å². The summed E-state index contributed by atoms with van der Waals surface area (Å²) in [6.45, 7) is 0.270. The maximum atomic E-state index is 10.8. The highest BCUT2D eigenvalue weighted by atomic mass is 16.6. The lowest BCUT2D eigenvalue weighted by Crippen LogP contribution is -2.47. The minimum absolute atomic E-state index is 0.183. The van der Waals surface area contributed by atoms with Gasteiger partial charge in [-0.3, -0.25) is 0 Å². The standard InChI is InChI=1S/C6H11N3O4/c10-6(11)5-3-1-2-4-8(5)9(13)7-12/h5,12H,1-4H2,(H,10,11)/p-1/b9-7+. The molecule has 0 bridgehead atoms. The van der Waals surface area contributed by atoms with E-state index in [2.05, 4.69) is 5.28 Å². The average Bonchev–Trinajstić information content (AvgIpc) is 2.16. The molecule has 0 radical (unpaired) electrons. The van der Waals surface area contributed by atoms with Gasteiger partial charge in [0.25, 0.3) is 0 Å². The van der Waals surface area contributed by atoms with E-state index in [1.54, 1.807) is 0 Å². The molecule has 0 aliphatic carbocycles. The van der Waals surface area contributed by atoms with Crippen LogP contribution in [0.25, 0.3) is 0 Å². The normalized spacial score (nSPS) is 24.5. The molecule has 1 heterocycles. The van der Waals surface area contributed by atoms with Crippen LogP contribution in [0.1, 0.15) is 19.3 Å². The first-order chi connectivity index (χ1) is 6.16. The number of carboxylic acid groups (broad SMARTS) is 1. The summed E-state index contributed by atoms with van der Waals surface area (Å²) in [5, 5.41) is 32.4. The number of piperidine rings is 1. The molecule has 1 rings (SSSR count). The SMILES string of the molecule is O=C(O)C1CCCCN1/[N+]([O-])=N\[O-]. The fraction of sp³-hybridized carbons (Fsp3) is 0.833. The third kappa shape index (κ3) is 1.98. The summed E-state index contributed by atoms with van der Waals surface area (Å²) in [6, 6.07) is -0.913.